The molecule has 1 fully saturated rings. The van der Waals surface area contributed by atoms with Gasteiger partial charge in [0.1, 0.15) is 0 Å². The number of benzene rings is 2. The summed E-state index contributed by atoms with van der Waals surface area (Å²) >= 11 is 0. The summed E-state index contributed by atoms with van der Waals surface area (Å²) in [6.07, 6.45) is 0.770. The number of nitrogens with one attached hydrogen (secondary N) is 2. The summed E-state index contributed by atoms with van der Waals surface area (Å²) < 4.78 is 47.7. The molecule has 0 atom stereocenters. The number of amides is 2. The van der Waals surface area contributed by atoms with Crippen LogP contribution in [0.3, 0.4) is 0 Å². The largest absolute Gasteiger partial charge is 0.861 e. The van der Waals surface area contributed by atoms with Gasteiger partial charge in [0.15, 0.2) is 6.04 Å². The molecule has 1 aromatic heterocycles. The number of rotatable bonds is 8. The molecule has 2 aromatic carbocycles. The van der Waals surface area contributed by atoms with Crippen molar-refractivity contribution in [3.05, 3.63) is 64.8 Å². The minimum atomic E-state index is -4.71. The van der Waals surface area contributed by atoms with E-state index in [9.17, 15) is 23.1 Å². The molecule has 0 radical (unpaired) electrons. The zero-order valence-corrected chi connectivity index (χ0v) is 23.6. The first-order valence-corrected chi connectivity index (χ1v) is 13.5. The molecular weight excluding hydrogens is 537 g/mol. The maximum Gasteiger partial charge on any atom is 0.416 e. The van der Waals surface area contributed by atoms with Crippen LogP contribution in [0.5, 0.6) is 0 Å². The van der Waals surface area contributed by atoms with Crippen LogP contribution in [0.15, 0.2) is 52.1 Å². The third-order valence-corrected chi connectivity index (χ3v) is 7.35. The Morgan fingerprint density at radius 3 is 2.56 bits per heavy atom. The molecule has 0 aliphatic heterocycles. The summed E-state index contributed by atoms with van der Waals surface area (Å²) in [6, 6.07) is 7.58. The lowest BCUT2D eigenvalue weighted by Gasteiger charge is -2.26. The van der Waals surface area contributed by atoms with E-state index in [0.717, 1.165) is 61.1 Å². The first kappa shape index (κ1) is 30.0. The van der Waals surface area contributed by atoms with Gasteiger partial charge in [-0.25, -0.2) is 4.79 Å². The van der Waals surface area contributed by atoms with Crippen molar-refractivity contribution in [3.8, 4) is 0 Å². The van der Waals surface area contributed by atoms with E-state index in [0.29, 0.717) is 5.92 Å². The topological polar surface area (TPSA) is 110 Å². The number of aliphatic imine (C=N–C) groups is 1. The van der Waals surface area contributed by atoms with Crippen molar-refractivity contribution in [1.29, 1.82) is 0 Å². The highest BCUT2D eigenvalue weighted by atomic mass is 19.4. The average Bonchev–Trinajstić information content (AvgIpc) is 3.34. The van der Waals surface area contributed by atoms with Crippen molar-refractivity contribution in [1.82, 2.24) is 10.2 Å². The molecule has 4 rings (SSSR count). The van der Waals surface area contributed by atoms with Crippen molar-refractivity contribution in [2.45, 2.75) is 58.2 Å². The Kier molecular flexibility index (Phi) is 9.31. The number of aromatic nitrogens is 2. The van der Waals surface area contributed by atoms with Crippen LogP contribution >= 0.6 is 0 Å². The zero-order valence-electron chi connectivity index (χ0n) is 23.6. The van der Waals surface area contributed by atoms with E-state index in [2.05, 4.69) is 39.9 Å². The fraction of sp³-hybridized carbons (Fsp3) is 0.448. The van der Waals surface area contributed by atoms with Crippen molar-refractivity contribution >= 4 is 29.2 Å². The average molecular weight is 573 g/mol. The number of alkyl halides is 3. The van der Waals surface area contributed by atoms with Gasteiger partial charge in [0.25, 0.3) is 6.20 Å². The second-order valence-electron chi connectivity index (χ2n) is 10.9. The van der Waals surface area contributed by atoms with Gasteiger partial charge in [-0.3, -0.25) is 14.8 Å². The molecular formula is C29H35F3N6O3. The van der Waals surface area contributed by atoms with Crippen LogP contribution in [0.4, 0.5) is 35.2 Å². The number of aryl methyl sites for hydroxylation is 1. The number of carbonyl (C=O) groups is 1. The molecule has 0 spiro atoms. The zero-order chi connectivity index (χ0) is 29.7. The number of hydrogen-bond donors (Lipinski definition) is 2. The van der Waals surface area contributed by atoms with Crippen molar-refractivity contribution in [2.75, 3.05) is 31.3 Å². The quantitative estimate of drug-likeness (QED) is 0.220. The molecule has 1 aliphatic carbocycles. The molecule has 2 N–H and O–H groups in total. The summed E-state index contributed by atoms with van der Waals surface area (Å²) in [4.78, 5) is 18.7. The number of nitrogens with zero attached hydrogens (tertiary/aromatic N) is 4. The monoisotopic (exact) mass is 572 g/mol. The fourth-order valence-corrected chi connectivity index (χ4v) is 5.13. The van der Waals surface area contributed by atoms with Crippen LogP contribution in [-0.4, -0.2) is 42.7 Å². The lowest BCUT2D eigenvalue weighted by atomic mass is 9.86. The van der Waals surface area contributed by atoms with Crippen LogP contribution in [0.1, 0.15) is 54.0 Å². The fourth-order valence-electron chi connectivity index (χ4n) is 5.13. The van der Waals surface area contributed by atoms with E-state index in [-0.39, 0.29) is 29.7 Å². The Hall–Kier alpha value is -3.93. The molecule has 12 heteroatoms. The van der Waals surface area contributed by atoms with Crippen LogP contribution in [0.2, 0.25) is 0 Å². The van der Waals surface area contributed by atoms with Gasteiger partial charge in [-0.2, -0.15) is 13.2 Å². The molecule has 2 amide bonds. The predicted octanol–water partition coefficient (Wildman–Crippen LogP) is 5.17. The minimum Gasteiger partial charge on any atom is -0.861 e. The van der Waals surface area contributed by atoms with Crippen molar-refractivity contribution in [3.63, 3.8) is 0 Å². The number of carbonyl (C=O) groups excluding carboxylic acids is 1. The van der Waals surface area contributed by atoms with Gasteiger partial charge in [0, 0.05) is 31.5 Å². The molecule has 1 aliphatic rings. The van der Waals surface area contributed by atoms with E-state index in [1.807, 2.05) is 26.0 Å². The Morgan fingerprint density at radius 1 is 1.15 bits per heavy atom. The van der Waals surface area contributed by atoms with Gasteiger partial charge in [0.2, 0.25) is 5.27 Å². The molecule has 0 bridgehead atoms. The Bertz CT molecular complexity index is 1390. The Morgan fingerprint density at radius 2 is 1.88 bits per heavy atom. The first-order chi connectivity index (χ1) is 19.4. The summed E-state index contributed by atoms with van der Waals surface area (Å²) in [7, 11) is 4.12. The van der Waals surface area contributed by atoms with Crippen LogP contribution in [0, 0.1) is 19.8 Å². The van der Waals surface area contributed by atoms with Crippen LogP contribution in [-0.2, 0) is 12.6 Å². The highest BCUT2D eigenvalue weighted by Gasteiger charge is 2.32. The van der Waals surface area contributed by atoms with E-state index in [4.69, 9.17) is 4.52 Å². The molecule has 9 nitrogen and oxygen atoms in total. The third-order valence-electron chi connectivity index (χ3n) is 7.35. The van der Waals surface area contributed by atoms with Gasteiger partial charge in [-0.05, 0) is 92.2 Å². The normalized spacial score (nSPS) is 18.0. The molecule has 41 heavy (non-hydrogen) atoms. The molecule has 0 unspecified atom stereocenters. The van der Waals surface area contributed by atoms with Crippen molar-refractivity contribution < 1.29 is 32.3 Å². The second-order valence-corrected chi connectivity index (χ2v) is 10.9. The van der Waals surface area contributed by atoms with Crippen molar-refractivity contribution in [2.24, 2.45) is 10.9 Å². The first-order valence-electron chi connectivity index (χ1n) is 13.5. The summed E-state index contributed by atoms with van der Waals surface area (Å²) in [6.45, 7) is 4.82. The number of urea groups is 1. The molecule has 3 aromatic rings. The van der Waals surface area contributed by atoms with Gasteiger partial charge in [-0.1, -0.05) is 18.2 Å². The number of hydrogen-bond acceptors (Lipinski definition) is 6. The Labute approximate surface area is 237 Å². The van der Waals surface area contributed by atoms with Crippen LogP contribution in [0.25, 0.3) is 0 Å². The van der Waals surface area contributed by atoms with E-state index < -0.39 is 23.7 Å². The Balaban J connectivity index is 1.43. The maximum atomic E-state index is 13.6. The van der Waals surface area contributed by atoms with E-state index in [1.165, 1.54) is 6.07 Å². The van der Waals surface area contributed by atoms with E-state index >= 15 is 0 Å². The molecule has 1 heterocycles. The molecule has 1 saturated carbocycles. The number of anilines is 2. The molecule has 0 saturated heterocycles. The lowest BCUT2D eigenvalue weighted by molar-refractivity contribution is -0.787. The van der Waals surface area contributed by atoms with Crippen LogP contribution < -0.4 is 20.4 Å². The highest BCUT2D eigenvalue weighted by Crippen LogP contribution is 2.34. The summed E-state index contributed by atoms with van der Waals surface area (Å²) in [5, 5.41) is 21.5. The van der Waals surface area contributed by atoms with Gasteiger partial charge < -0.3 is 15.3 Å². The molecule has 220 valence electrons. The third kappa shape index (κ3) is 8.29. The maximum absolute atomic E-state index is 13.6. The SMILES string of the molecule is Cc1cccc(CC([O-])=Nc2cc(NC(=O)Nc3c[n+](C4CCC(CN(C)C)CC4)no3)cc(C(F)(F)F)c2)c1C. The minimum absolute atomic E-state index is 0.0542. The summed E-state index contributed by atoms with van der Waals surface area (Å²) in [5.74, 6) is 0.0806. The van der Waals surface area contributed by atoms with Gasteiger partial charge in [0.05, 0.1) is 11.3 Å². The standard InChI is InChI=1S/C29H35F3N6O3/c1-18-6-5-7-21(19(18)2)12-26(39)33-23-13-22(29(30,31)32)14-24(15-23)34-28(40)35-27-17-38(36-41-27)25-10-8-20(9-11-25)16-37(3)4/h5-7,13-15,17,20,25H,8-12,16H2,1-4H3,(H2-,33,34,35,36,39,40). The van der Waals surface area contributed by atoms with Gasteiger partial charge >= 0.3 is 18.1 Å². The van der Waals surface area contributed by atoms with E-state index in [1.54, 1.807) is 16.9 Å². The highest BCUT2D eigenvalue weighted by molar-refractivity contribution is 5.99. The second kappa shape index (κ2) is 12.7. The predicted molar refractivity (Wildman–Crippen MR) is 147 cm³/mol. The summed E-state index contributed by atoms with van der Waals surface area (Å²) in [5.41, 5.74) is 1.22. The lowest BCUT2D eigenvalue weighted by Crippen LogP contribution is -2.43. The number of halogens is 3. The smallest absolute Gasteiger partial charge is 0.416 e. The van der Waals surface area contributed by atoms with Gasteiger partial charge in [-0.15, -0.1) is 0 Å².